The minimum absolute atomic E-state index is 0.0276. The van der Waals surface area contributed by atoms with Crippen molar-refractivity contribution in [2.75, 3.05) is 26.7 Å². The first-order chi connectivity index (χ1) is 14.1. The van der Waals surface area contributed by atoms with Crippen LogP contribution in [0.2, 0.25) is 0 Å². The first-order valence-corrected chi connectivity index (χ1v) is 11.5. The maximum absolute atomic E-state index is 12.7. The molecule has 2 amide bonds. The predicted octanol–water partition coefficient (Wildman–Crippen LogP) is 4.47. The molecule has 0 spiro atoms. The number of carbonyl (C=O) groups is 2. The fourth-order valence-electron chi connectivity index (χ4n) is 3.57. The highest BCUT2D eigenvalue weighted by atomic mass is 32.2. The highest BCUT2D eigenvalue weighted by Crippen LogP contribution is 2.33. The van der Waals surface area contributed by atoms with Crippen molar-refractivity contribution < 1.29 is 14.3 Å². The zero-order chi connectivity index (χ0) is 20.6. The minimum atomic E-state index is -0.0276. The van der Waals surface area contributed by atoms with Crippen LogP contribution < -0.4 is 4.74 Å². The second-order valence-electron chi connectivity index (χ2n) is 7.36. The Morgan fingerprint density at radius 2 is 1.86 bits per heavy atom. The van der Waals surface area contributed by atoms with E-state index in [9.17, 15) is 9.59 Å². The topological polar surface area (TPSA) is 49.9 Å². The van der Waals surface area contributed by atoms with Crippen molar-refractivity contribution in [2.24, 2.45) is 0 Å². The molecule has 0 N–H and O–H groups in total. The smallest absolute Gasteiger partial charge is 0.266 e. The van der Waals surface area contributed by atoms with E-state index in [-0.39, 0.29) is 11.8 Å². The van der Waals surface area contributed by atoms with Gasteiger partial charge in [0.25, 0.3) is 5.91 Å². The number of likely N-dealkylation sites (tertiary alicyclic amines) is 1. The van der Waals surface area contributed by atoms with Crippen LogP contribution in [0.5, 0.6) is 5.75 Å². The van der Waals surface area contributed by atoms with E-state index in [0.29, 0.717) is 22.2 Å². The van der Waals surface area contributed by atoms with E-state index in [1.54, 1.807) is 12.0 Å². The SMILES string of the molecule is COc1ccc(/C=C2\SC(=S)N(CCCCCC(=O)N3CCCCC3)C2=O)cc1. The van der Waals surface area contributed by atoms with Gasteiger partial charge in [0.15, 0.2) is 0 Å². The van der Waals surface area contributed by atoms with Gasteiger partial charge in [0.2, 0.25) is 5.91 Å². The fourth-order valence-corrected chi connectivity index (χ4v) is 4.88. The van der Waals surface area contributed by atoms with Crippen molar-refractivity contribution in [1.29, 1.82) is 0 Å². The van der Waals surface area contributed by atoms with Gasteiger partial charge in [-0.1, -0.05) is 42.5 Å². The van der Waals surface area contributed by atoms with Gasteiger partial charge in [-0.15, -0.1) is 0 Å². The van der Waals surface area contributed by atoms with Crippen molar-refractivity contribution >= 4 is 46.2 Å². The van der Waals surface area contributed by atoms with E-state index < -0.39 is 0 Å². The molecule has 5 nitrogen and oxygen atoms in total. The maximum Gasteiger partial charge on any atom is 0.266 e. The summed E-state index contributed by atoms with van der Waals surface area (Å²) in [6.45, 7) is 2.44. The highest BCUT2D eigenvalue weighted by molar-refractivity contribution is 8.26. The van der Waals surface area contributed by atoms with Crippen molar-refractivity contribution in [3.63, 3.8) is 0 Å². The molecule has 2 fully saturated rings. The number of benzene rings is 1. The first-order valence-electron chi connectivity index (χ1n) is 10.3. The largest absolute Gasteiger partial charge is 0.497 e. The molecule has 2 aliphatic rings. The third-order valence-corrected chi connectivity index (χ3v) is 6.65. The molecule has 2 heterocycles. The zero-order valence-electron chi connectivity index (χ0n) is 16.9. The number of unbranched alkanes of at least 4 members (excludes halogenated alkanes) is 2. The van der Waals surface area contributed by atoms with Crippen LogP contribution in [-0.4, -0.2) is 52.7 Å². The Balaban J connectivity index is 1.42. The average Bonchev–Trinajstić information content (AvgIpc) is 3.01. The van der Waals surface area contributed by atoms with E-state index in [1.807, 2.05) is 35.2 Å². The van der Waals surface area contributed by atoms with E-state index in [4.69, 9.17) is 17.0 Å². The molecule has 2 aliphatic heterocycles. The van der Waals surface area contributed by atoms with Crippen LogP contribution in [0, 0.1) is 0 Å². The molecule has 0 radical (unpaired) electrons. The second kappa shape index (κ2) is 10.8. The summed E-state index contributed by atoms with van der Waals surface area (Å²) in [5.74, 6) is 1.03. The van der Waals surface area contributed by atoms with Gasteiger partial charge in [-0.2, -0.15) is 0 Å². The van der Waals surface area contributed by atoms with Gasteiger partial charge in [0.1, 0.15) is 10.1 Å². The molecule has 0 bridgehead atoms. The van der Waals surface area contributed by atoms with Crippen LogP contribution in [0.3, 0.4) is 0 Å². The molecule has 0 atom stereocenters. The van der Waals surface area contributed by atoms with Crippen LogP contribution >= 0.6 is 24.0 Å². The first kappa shape index (κ1) is 21.8. The van der Waals surface area contributed by atoms with E-state index in [0.717, 1.165) is 56.5 Å². The maximum atomic E-state index is 12.7. The Morgan fingerprint density at radius 3 is 2.55 bits per heavy atom. The lowest BCUT2D eigenvalue weighted by atomic mass is 10.1. The summed E-state index contributed by atoms with van der Waals surface area (Å²) in [4.78, 5) is 29.2. The van der Waals surface area contributed by atoms with E-state index in [1.165, 1.54) is 18.2 Å². The Hall–Kier alpha value is -1.86. The van der Waals surface area contributed by atoms with Gasteiger partial charge in [0.05, 0.1) is 12.0 Å². The number of ether oxygens (including phenoxy) is 1. The zero-order valence-corrected chi connectivity index (χ0v) is 18.5. The predicted molar refractivity (Wildman–Crippen MR) is 122 cm³/mol. The molecule has 1 aromatic carbocycles. The summed E-state index contributed by atoms with van der Waals surface area (Å²) in [7, 11) is 1.63. The third-order valence-electron chi connectivity index (χ3n) is 5.27. The third kappa shape index (κ3) is 6.06. The second-order valence-corrected chi connectivity index (χ2v) is 9.03. The van der Waals surface area contributed by atoms with Gasteiger partial charge in [0, 0.05) is 26.1 Å². The Labute approximate surface area is 182 Å². The number of hydrogen-bond acceptors (Lipinski definition) is 5. The number of amides is 2. The number of nitrogens with zero attached hydrogens (tertiary/aromatic N) is 2. The molecule has 0 aliphatic carbocycles. The van der Waals surface area contributed by atoms with Crippen molar-refractivity contribution in [3.8, 4) is 5.75 Å². The quantitative estimate of drug-likeness (QED) is 0.345. The molecule has 3 rings (SSSR count). The standard InChI is InChI=1S/C22H28N2O3S2/c1-27-18-11-9-17(10-12-18)16-19-21(26)24(22(28)29-19)15-7-2-4-8-20(25)23-13-5-3-6-14-23/h9-12,16H,2-8,13-15H2,1H3/b19-16-. The number of methoxy groups -OCH3 is 1. The lowest BCUT2D eigenvalue weighted by molar-refractivity contribution is -0.132. The summed E-state index contributed by atoms with van der Waals surface area (Å²) in [5.41, 5.74) is 0.947. The molecule has 2 saturated heterocycles. The number of thiocarbonyl (C=S) groups is 1. The molecule has 156 valence electrons. The summed E-state index contributed by atoms with van der Waals surface area (Å²) in [6.07, 6.45) is 8.62. The van der Waals surface area contributed by atoms with Crippen molar-refractivity contribution in [1.82, 2.24) is 9.80 Å². The average molecular weight is 433 g/mol. The monoisotopic (exact) mass is 432 g/mol. The van der Waals surface area contributed by atoms with E-state index in [2.05, 4.69) is 0 Å². The Bertz CT molecular complexity index is 771. The molecule has 0 saturated carbocycles. The van der Waals surface area contributed by atoms with Gasteiger partial charge < -0.3 is 9.64 Å². The number of thioether (sulfide) groups is 1. The molecule has 7 heteroatoms. The van der Waals surface area contributed by atoms with Gasteiger partial charge in [-0.3, -0.25) is 14.5 Å². The Morgan fingerprint density at radius 1 is 1.14 bits per heavy atom. The number of hydrogen-bond donors (Lipinski definition) is 0. The summed E-state index contributed by atoms with van der Waals surface area (Å²) in [6, 6.07) is 7.59. The Kier molecular flexibility index (Phi) is 8.12. The van der Waals surface area contributed by atoms with Crippen LogP contribution in [-0.2, 0) is 9.59 Å². The van der Waals surface area contributed by atoms with Gasteiger partial charge in [-0.05, 0) is 55.9 Å². The molecule has 0 unspecified atom stereocenters. The number of rotatable bonds is 8. The van der Waals surface area contributed by atoms with Crippen LogP contribution in [0.25, 0.3) is 6.08 Å². The molecule has 29 heavy (non-hydrogen) atoms. The van der Waals surface area contributed by atoms with Gasteiger partial charge in [-0.25, -0.2) is 0 Å². The van der Waals surface area contributed by atoms with Gasteiger partial charge >= 0.3 is 0 Å². The van der Waals surface area contributed by atoms with Crippen LogP contribution in [0.15, 0.2) is 29.2 Å². The summed E-state index contributed by atoms with van der Waals surface area (Å²) in [5, 5.41) is 0. The molecular formula is C22H28N2O3S2. The summed E-state index contributed by atoms with van der Waals surface area (Å²) < 4.78 is 5.77. The number of carbonyl (C=O) groups excluding carboxylic acids is 2. The molecular weight excluding hydrogens is 404 g/mol. The lowest BCUT2D eigenvalue weighted by Crippen LogP contribution is -2.35. The lowest BCUT2D eigenvalue weighted by Gasteiger charge is -2.26. The van der Waals surface area contributed by atoms with Crippen molar-refractivity contribution in [3.05, 3.63) is 34.7 Å². The number of piperidine rings is 1. The van der Waals surface area contributed by atoms with Crippen LogP contribution in [0.1, 0.15) is 50.5 Å². The van der Waals surface area contributed by atoms with Crippen molar-refractivity contribution in [2.45, 2.75) is 44.9 Å². The normalized spacial score (nSPS) is 18.6. The van der Waals surface area contributed by atoms with Crippen LogP contribution in [0.4, 0.5) is 0 Å². The van der Waals surface area contributed by atoms with E-state index >= 15 is 0 Å². The highest BCUT2D eigenvalue weighted by Gasteiger charge is 2.31. The minimum Gasteiger partial charge on any atom is -0.497 e. The fraction of sp³-hybridized carbons (Fsp3) is 0.500. The molecule has 0 aromatic heterocycles. The summed E-state index contributed by atoms with van der Waals surface area (Å²) >= 11 is 6.75. The molecule has 1 aromatic rings.